The summed E-state index contributed by atoms with van der Waals surface area (Å²) in [4.78, 5) is 48.1. The molecule has 206 valence electrons. The molecule has 6 rings (SSSR count). The van der Waals surface area contributed by atoms with E-state index in [4.69, 9.17) is 28.2 Å². The molecular formula is C31H23Cl2N3O3S2. The lowest BCUT2D eigenvalue weighted by atomic mass is 10.1. The van der Waals surface area contributed by atoms with E-state index < -0.39 is 5.25 Å². The number of para-hydroxylation sites is 1. The minimum atomic E-state index is -0.580. The molecule has 10 heteroatoms. The summed E-state index contributed by atoms with van der Waals surface area (Å²) in [6.07, 6.45) is 2.04. The SMILES string of the molecule is O=C(c1ccc(Cl)cc1)N1CCCC[C@@H](Sc2nc3scc(-c4ccc(Cl)cc4)c3c(=O)n2-c2ccccc2)C1=O. The van der Waals surface area contributed by atoms with Gasteiger partial charge in [0.15, 0.2) is 5.16 Å². The van der Waals surface area contributed by atoms with Crippen molar-refractivity contribution in [3.05, 3.63) is 110 Å². The van der Waals surface area contributed by atoms with Crippen LogP contribution in [-0.4, -0.2) is 38.1 Å². The zero-order valence-electron chi connectivity index (χ0n) is 21.6. The van der Waals surface area contributed by atoms with E-state index in [0.29, 0.717) is 56.1 Å². The van der Waals surface area contributed by atoms with Crippen LogP contribution >= 0.6 is 46.3 Å². The normalized spacial score (nSPS) is 15.7. The molecule has 1 aliphatic heterocycles. The molecule has 0 spiro atoms. The molecule has 0 saturated carbocycles. The molecule has 1 aliphatic rings. The summed E-state index contributed by atoms with van der Waals surface area (Å²) in [5.74, 6) is -0.636. The number of amides is 2. The maximum absolute atomic E-state index is 14.2. The van der Waals surface area contributed by atoms with Crippen molar-refractivity contribution >= 4 is 68.3 Å². The molecule has 0 bridgehead atoms. The van der Waals surface area contributed by atoms with Crippen LogP contribution in [0, 0.1) is 0 Å². The second-order valence-corrected chi connectivity index (χ2v) is 12.5. The number of imide groups is 1. The lowest BCUT2D eigenvalue weighted by Gasteiger charge is -2.23. The van der Waals surface area contributed by atoms with Gasteiger partial charge in [-0.25, -0.2) is 4.98 Å². The van der Waals surface area contributed by atoms with Crippen LogP contribution in [0.25, 0.3) is 27.0 Å². The van der Waals surface area contributed by atoms with Crippen molar-refractivity contribution in [1.29, 1.82) is 0 Å². The highest BCUT2D eigenvalue weighted by atomic mass is 35.5. The molecule has 2 aromatic heterocycles. The van der Waals surface area contributed by atoms with Crippen LogP contribution < -0.4 is 5.56 Å². The van der Waals surface area contributed by atoms with Crippen LogP contribution in [0.3, 0.4) is 0 Å². The Balaban J connectivity index is 1.42. The Morgan fingerprint density at radius 1 is 0.902 bits per heavy atom. The van der Waals surface area contributed by atoms with E-state index in [1.807, 2.05) is 47.8 Å². The van der Waals surface area contributed by atoms with Crippen molar-refractivity contribution in [1.82, 2.24) is 14.5 Å². The first-order chi connectivity index (χ1) is 19.9. The quantitative estimate of drug-likeness (QED) is 0.149. The maximum Gasteiger partial charge on any atom is 0.268 e. The fourth-order valence-corrected chi connectivity index (χ4v) is 7.34. The van der Waals surface area contributed by atoms with Gasteiger partial charge in [-0.05, 0) is 66.9 Å². The number of likely N-dealkylation sites (tertiary alicyclic amines) is 1. The largest absolute Gasteiger partial charge is 0.278 e. The molecule has 0 radical (unpaired) electrons. The van der Waals surface area contributed by atoms with E-state index in [0.717, 1.165) is 17.5 Å². The minimum absolute atomic E-state index is 0.218. The molecule has 0 unspecified atom stereocenters. The number of fused-ring (bicyclic) bond motifs is 1. The maximum atomic E-state index is 14.2. The van der Waals surface area contributed by atoms with Gasteiger partial charge in [0.1, 0.15) is 4.83 Å². The summed E-state index contributed by atoms with van der Waals surface area (Å²) in [6, 6.07) is 23.2. The average molecular weight is 621 g/mol. The number of carbonyl (C=O) groups is 2. The smallest absolute Gasteiger partial charge is 0.268 e. The monoisotopic (exact) mass is 619 g/mol. The van der Waals surface area contributed by atoms with Gasteiger partial charge in [-0.2, -0.15) is 0 Å². The van der Waals surface area contributed by atoms with Crippen LogP contribution in [0.2, 0.25) is 10.0 Å². The van der Waals surface area contributed by atoms with Crippen LogP contribution in [0.5, 0.6) is 0 Å². The van der Waals surface area contributed by atoms with Gasteiger partial charge in [0.2, 0.25) is 5.91 Å². The number of carbonyl (C=O) groups excluding carboxylic acids is 2. The van der Waals surface area contributed by atoms with Gasteiger partial charge in [-0.15, -0.1) is 11.3 Å². The van der Waals surface area contributed by atoms with Gasteiger partial charge in [0.25, 0.3) is 11.5 Å². The number of thioether (sulfide) groups is 1. The predicted octanol–water partition coefficient (Wildman–Crippen LogP) is 7.73. The first-order valence-corrected chi connectivity index (χ1v) is 15.6. The van der Waals surface area contributed by atoms with Crippen LogP contribution in [-0.2, 0) is 4.79 Å². The second kappa shape index (κ2) is 11.8. The van der Waals surface area contributed by atoms with E-state index in [9.17, 15) is 14.4 Å². The van der Waals surface area contributed by atoms with Crippen LogP contribution in [0.15, 0.2) is 94.2 Å². The van der Waals surface area contributed by atoms with Gasteiger partial charge < -0.3 is 0 Å². The van der Waals surface area contributed by atoms with Gasteiger partial charge >= 0.3 is 0 Å². The summed E-state index contributed by atoms with van der Waals surface area (Å²) >= 11 is 14.7. The van der Waals surface area contributed by atoms with Gasteiger partial charge in [-0.1, -0.05) is 71.7 Å². The van der Waals surface area contributed by atoms with Crippen molar-refractivity contribution in [2.24, 2.45) is 0 Å². The van der Waals surface area contributed by atoms with Crippen molar-refractivity contribution < 1.29 is 9.59 Å². The standard InChI is InChI=1S/C31H23Cl2N3O3S2/c32-21-13-9-19(10-14-21)24-18-40-27-26(24)30(39)36(23-6-2-1-3-7-23)31(34-27)41-25-8-4-5-17-35(29(25)38)28(37)20-11-15-22(33)16-12-20/h1-3,6-7,9-16,18,25H,4-5,8,17H2/t25-/m1/s1. The number of thiophene rings is 1. The van der Waals surface area contributed by atoms with Gasteiger partial charge in [0, 0.05) is 33.1 Å². The third-order valence-corrected chi connectivity index (χ3v) is 9.55. The Bertz CT molecular complexity index is 1800. The van der Waals surface area contributed by atoms with Crippen LogP contribution in [0.4, 0.5) is 0 Å². The fourth-order valence-electron chi connectivity index (χ4n) is 4.89. The van der Waals surface area contributed by atoms with Crippen molar-refractivity contribution in [2.75, 3.05) is 6.54 Å². The average Bonchev–Trinajstić information content (AvgIpc) is 3.33. The third kappa shape index (κ3) is 5.57. The minimum Gasteiger partial charge on any atom is -0.278 e. The number of hydrogen-bond acceptors (Lipinski definition) is 6. The van der Waals surface area contributed by atoms with E-state index in [1.165, 1.54) is 28.0 Å². The van der Waals surface area contributed by atoms with E-state index in [2.05, 4.69) is 0 Å². The number of rotatable bonds is 5. The Labute approximate surface area is 254 Å². The lowest BCUT2D eigenvalue weighted by molar-refractivity contribution is -0.127. The number of nitrogens with zero attached hydrogens (tertiary/aromatic N) is 3. The molecule has 3 aromatic carbocycles. The molecule has 0 N–H and O–H groups in total. The summed E-state index contributed by atoms with van der Waals surface area (Å²) in [7, 11) is 0. The predicted molar refractivity (Wildman–Crippen MR) is 167 cm³/mol. The van der Waals surface area contributed by atoms with Gasteiger partial charge in [-0.3, -0.25) is 23.9 Å². The summed E-state index contributed by atoms with van der Waals surface area (Å²) in [5.41, 5.74) is 2.49. The third-order valence-electron chi connectivity index (χ3n) is 6.97. The zero-order chi connectivity index (χ0) is 28.5. The van der Waals surface area contributed by atoms with Crippen molar-refractivity contribution in [3.8, 4) is 16.8 Å². The number of hydrogen-bond donors (Lipinski definition) is 0. The van der Waals surface area contributed by atoms with Crippen LogP contribution in [0.1, 0.15) is 29.6 Å². The zero-order valence-corrected chi connectivity index (χ0v) is 24.8. The topological polar surface area (TPSA) is 72.3 Å². The Morgan fingerprint density at radius 3 is 2.29 bits per heavy atom. The highest BCUT2D eigenvalue weighted by Crippen LogP contribution is 2.36. The Morgan fingerprint density at radius 2 is 1.59 bits per heavy atom. The molecule has 2 amide bonds. The van der Waals surface area contributed by atoms with E-state index in [-0.39, 0.29) is 17.4 Å². The number of halogens is 2. The van der Waals surface area contributed by atoms with Gasteiger partial charge in [0.05, 0.1) is 16.3 Å². The van der Waals surface area contributed by atoms with Crippen molar-refractivity contribution in [3.63, 3.8) is 0 Å². The molecule has 5 aromatic rings. The first kappa shape index (κ1) is 27.7. The number of benzene rings is 3. The Kier molecular flexibility index (Phi) is 7.99. The molecule has 1 fully saturated rings. The Hall–Kier alpha value is -3.43. The second-order valence-electron chi connectivity index (χ2n) is 9.61. The first-order valence-electron chi connectivity index (χ1n) is 13.0. The molecule has 6 nitrogen and oxygen atoms in total. The lowest BCUT2D eigenvalue weighted by Crippen LogP contribution is -2.41. The molecular weight excluding hydrogens is 597 g/mol. The summed E-state index contributed by atoms with van der Waals surface area (Å²) in [6.45, 7) is 0.338. The molecule has 1 saturated heterocycles. The van der Waals surface area contributed by atoms with Crippen molar-refractivity contribution in [2.45, 2.75) is 29.7 Å². The highest BCUT2D eigenvalue weighted by molar-refractivity contribution is 8.00. The summed E-state index contributed by atoms with van der Waals surface area (Å²) in [5, 5.41) is 3.40. The highest BCUT2D eigenvalue weighted by Gasteiger charge is 2.34. The molecule has 0 aliphatic carbocycles. The summed E-state index contributed by atoms with van der Waals surface area (Å²) < 4.78 is 1.57. The fraction of sp³-hybridized carbons (Fsp3) is 0.161. The number of aromatic nitrogens is 2. The molecule has 3 heterocycles. The van der Waals surface area contributed by atoms with E-state index >= 15 is 0 Å². The molecule has 41 heavy (non-hydrogen) atoms. The molecule has 1 atom stereocenters. The van der Waals surface area contributed by atoms with E-state index in [1.54, 1.807) is 41.0 Å².